The number of carboxylic acid groups (broad SMARTS) is 2. The van der Waals surface area contributed by atoms with Crippen LogP contribution >= 0.6 is 0 Å². The van der Waals surface area contributed by atoms with Crippen LogP contribution in [0.1, 0.15) is 24.8 Å². The molecule has 0 saturated carbocycles. The Morgan fingerprint density at radius 3 is 1.68 bits per heavy atom. The normalized spacial score (nSPS) is 11.7. The van der Waals surface area contributed by atoms with Crippen LogP contribution in [-0.4, -0.2) is 53.1 Å². The molecule has 178 valence electrons. The molecule has 0 bridgehead atoms. The highest BCUT2D eigenvalue weighted by molar-refractivity contribution is 5.75. The standard InChI is InChI=1S/C13H20N2O2.2C2HF3O2/c14-9-5-4-8-12(15)13(16)17-10-11-6-2-1-3-7-11;2*3-2(4,5)1(6)7/h1-3,6-7,12H,4-5,8-10,14-15H2;2*(H,6,7)/t12-;;/m0../s1. The third-order valence-electron chi connectivity index (χ3n) is 2.98. The minimum absolute atomic E-state index is 0.282. The monoisotopic (exact) mass is 464 g/mol. The molecule has 0 heterocycles. The van der Waals surface area contributed by atoms with E-state index in [4.69, 9.17) is 36.0 Å². The summed E-state index contributed by atoms with van der Waals surface area (Å²) < 4.78 is 68.6. The highest BCUT2D eigenvalue weighted by Crippen LogP contribution is 2.13. The quantitative estimate of drug-likeness (QED) is 0.273. The van der Waals surface area contributed by atoms with Crippen molar-refractivity contribution in [2.75, 3.05) is 6.54 Å². The topological polar surface area (TPSA) is 153 Å². The zero-order valence-corrected chi connectivity index (χ0v) is 15.9. The van der Waals surface area contributed by atoms with Gasteiger partial charge in [0.05, 0.1) is 0 Å². The molecule has 0 aromatic heterocycles. The fourth-order valence-electron chi connectivity index (χ4n) is 1.46. The molecule has 0 fully saturated rings. The van der Waals surface area contributed by atoms with Gasteiger partial charge in [-0.2, -0.15) is 26.3 Å². The zero-order chi connectivity index (χ0) is 24.7. The van der Waals surface area contributed by atoms with E-state index in [1.54, 1.807) is 0 Å². The molecular weight excluding hydrogens is 442 g/mol. The minimum atomic E-state index is -5.08. The number of hydrogen-bond acceptors (Lipinski definition) is 6. The Kier molecular flexibility index (Phi) is 14.7. The highest BCUT2D eigenvalue weighted by Gasteiger charge is 2.38. The summed E-state index contributed by atoms with van der Waals surface area (Å²) in [4.78, 5) is 29.3. The summed E-state index contributed by atoms with van der Waals surface area (Å²) in [6, 6.07) is 9.02. The number of nitrogens with two attached hydrogens (primary N) is 2. The molecular formula is C17H22F6N2O6. The Morgan fingerprint density at radius 2 is 1.32 bits per heavy atom. The number of ether oxygens (including phenoxy) is 1. The van der Waals surface area contributed by atoms with Crippen LogP contribution < -0.4 is 11.5 Å². The third kappa shape index (κ3) is 17.7. The fourth-order valence-corrected chi connectivity index (χ4v) is 1.46. The Morgan fingerprint density at radius 1 is 0.903 bits per heavy atom. The van der Waals surface area contributed by atoms with Crippen molar-refractivity contribution >= 4 is 17.9 Å². The van der Waals surface area contributed by atoms with Gasteiger partial charge in [0, 0.05) is 0 Å². The van der Waals surface area contributed by atoms with Crippen LogP contribution in [0, 0.1) is 0 Å². The summed E-state index contributed by atoms with van der Waals surface area (Å²) in [6.07, 6.45) is -7.79. The van der Waals surface area contributed by atoms with Gasteiger partial charge < -0.3 is 26.4 Å². The summed E-state index contributed by atoms with van der Waals surface area (Å²) in [5.74, 6) is -5.86. The van der Waals surface area contributed by atoms with Crippen molar-refractivity contribution in [1.29, 1.82) is 0 Å². The van der Waals surface area contributed by atoms with Gasteiger partial charge in [0.25, 0.3) is 0 Å². The lowest BCUT2D eigenvalue weighted by atomic mass is 10.1. The Hall–Kier alpha value is -2.87. The Bertz CT molecular complexity index is 643. The largest absolute Gasteiger partial charge is 0.490 e. The molecule has 31 heavy (non-hydrogen) atoms. The molecule has 6 N–H and O–H groups in total. The molecule has 14 heteroatoms. The SMILES string of the molecule is NCCCC[C@H](N)C(=O)OCc1ccccc1.O=C(O)C(F)(F)F.O=C(O)C(F)(F)F. The van der Waals surface area contributed by atoms with Crippen molar-refractivity contribution in [3.8, 4) is 0 Å². The first-order valence-corrected chi connectivity index (χ1v) is 8.39. The van der Waals surface area contributed by atoms with Gasteiger partial charge in [-0.05, 0) is 24.9 Å². The summed E-state index contributed by atoms with van der Waals surface area (Å²) in [5, 5.41) is 14.2. The lowest BCUT2D eigenvalue weighted by Crippen LogP contribution is -2.32. The van der Waals surface area contributed by atoms with Crippen LogP contribution in [0.5, 0.6) is 0 Å². The maximum atomic E-state index is 11.5. The number of carboxylic acids is 2. The predicted molar refractivity (Wildman–Crippen MR) is 94.5 cm³/mol. The first-order valence-electron chi connectivity index (χ1n) is 8.39. The van der Waals surface area contributed by atoms with Gasteiger partial charge in [-0.3, -0.25) is 4.79 Å². The maximum absolute atomic E-state index is 11.5. The molecule has 0 spiro atoms. The van der Waals surface area contributed by atoms with Gasteiger partial charge in [-0.15, -0.1) is 0 Å². The fraction of sp³-hybridized carbons (Fsp3) is 0.471. The molecule has 1 atom stereocenters. The number of carbonyl (C=O) groups excluding carboxylic acids is 1. The maximum Gasteiger partial charge on any atom is 0.490 e. The summed E-state index contributed by atoms with van der Waals surface area (Å²) in [6.45, 7) is 0.913. The number of alkyl halides is 6. The van der Waals surface area contributed by atoms with Crippen molar-refractivity contribution in [3.63, 3.8) is 0 Å². The molecule has 1 rings (SSSR count). The van der Waals surface area contributed by atoms with Gasteiger partial charge in [0.1, 0.15) is 12.6 Å². The number of hydrogen-bond donors (Lipinski definition) is 4. The van der Waals surface area contributed by atoms with Gasteiger partial charge in [0.15, 0.2) is 0 Å². The van der Waals surface area contributed by atoms with Crippen molar-refractivity contribution in [2.24, 2.45) is 11.5 Å². The lowest BCUT2D eigenvalue weighted by molar-refractivity contribution is -0.193. The van der Waals surface area contributed by atoms with Crippen LogP contribution in [-0.2, 0) is 25.7 Å². The molecule has 0 unspecified atom stereocenters. The van der Waals surface area contributed by atoms with Crippen LogP contribution in [0.3, 0.4) is 0 Å². The van der Waals surface area contributed by atoms with Crippen LogP contribution in [0.15, 0.2) is 30.3 Å². The molecule has 0 saturated heterocycles. The predicted octanol–water partition coefficient (Wildman–Crippen LogP) is 2.45. The number of carbonyl (C=O) groups is 3. The number of benzene rings is 1. The zero-order valence-electron chi connectivity index (χ0n) is 15.9. The number of esters is 1. The molecule has 0 radical (unpaired) electrons. The smallest absolute Gasteiger partial charge is 0.475 e. The molecule has 8 nitrogen and oxygen atoms in total. The molecule has 0 aliphatic carbocycles. The van der Waals surface area contributed by atoms with E-state index in [0.717, 1.165) is 18.4 Å². The second kappa shape index (κ2) is 15.0. The Labute approximate surface area is 172 Å². The first kappa shape index (κ1) is 30.3. The van der Waals surface area contributed by atoms with E-state index in [-0.39, 0.29) is 12.6 Å². The Balaban J connectivity index is 0. The lowest BCUT2D eigenvalue weighted by Gasteiger charge is -2.11. The van der Waals surface area contributed by atoms with E-state index in [9.17, 15) is 31.1 Å². The van der Waals surface area contributed by atoms with E-state index in [1.807, 2.05) is 30.3 Å². The van der Waals surface area contributed by atoms with Crippen molar-refractivity contribution < 1.29 is 55.7 Å². The summed E-state index contributed by atoms with van der Waals surface area (Å²) >= 11 is 0. The summed E-state index contributed by atoms with van der Waals surface area (Å²) in [7, 11) is 0. The van der Waals surface area contributed by atoms with Gasteiger partial charge in [0.2, 0.25) is 0 Å². The third-order valence-corrected chi connectivity index (χ3v) is 2.98. The molecule has 0 aliphatic heterocycles. The van der Waals surface area contributed by atoms with Crippen LogP contribution in [0.4, 0.5) is 26.3 Å². The number of halogens is 6. The van der Waals surface area contributed by atoms with Crippen molar-refractivity contribution in [1.82, 2.24) is 0 Å². The van der Waals surface area contributed by atoms with E-state index in [1.165, 1.54) is 0 Å². The second-order valence-corrected chi connectivity index (χ2v) is 5.59. The number of unbranched alkanes of at least 4 members (excludes halogenated alkanes) is 1. The van der Waals surface area contributed by atoms with Gasteiger partial charge in [-0.1, -0.05) is 36.8 Å². The minimum Gasteiger partial charge on any atom is -0.475 e. The van der Waals surface area contributed by atoms with Gasteiger partial charge in [-0.25, -0.2) is 9.59 Å². The van der Waals surface area contributed by atoms with Gasteiger partial charge >= 0.3 is 30.3 Å². The van der Waals surface area contributed by atoms with Crippen molar-refractivity contribution in [3.05, 3.63) is 35.9 Å². The van der Waals surface area contributed by atoms with E-state index < -0.39 is 30.3 Å². The van der Waals surface area contributed by atoms with Crippen LogP contribution in [0.2, 0.25) is 0 Å². The summed E-state index contributed by atoms with van der Waals surface area (Å²) in [5.41, 5.74) is 12.0. The average molecular weight is 464 g/mol. The molecule has 1 aromatic rings. The highest BCUT2D eigenvalue weighted by atomic mass is 19.4. The number of rotatable bonds is 7. The second-order valence-electron chi connectivity index (χ2n) is 5.59. The first-order chi connectivity index (χ1) is 14.1. The van der Waals surface area contributed by atoms with Crippen molar-refractivity contribution in [2.45, 2.75) is 44.3 Å². The number of aliphatic carboxylic acids is 2. The van der Waals surface area contributed by atoms with E-state index in [2.05, 4.69) is 0 Å². The molecule has 0 amide bonds. The van der Waals surface area contributed by atoms with E-state index >= 15 is 0 Å². The molecule has 0 aliphatic rings. The van der Waals surface area contributed by atoms with Crippen LogP contribution in [0.25, 0.3) is 0 Å². The average Bonchev–Trinajstić information content (AvgIpc) is 2.66. The van der Waals surface area contributed by atoms with E-state index in [0.29, 0.717) is 13.0 Å². The molecule has 1 aromatic carbocycles.